The smallest absolute Gasteiger partial charge is 0.421 e. The van der Waals surface area contributed by atoms with Crippen LogP contribution < -0.4 is 4.68 Å². The molecule has 1 aromatic heterocycles. The topological polar surface area (TPSA) is 104 Å². The van der Waals surface area contributed by atoms with Crippen molar-refractivity contribution in [1.82, 2.24) is 9.90 Å². The Hall–Kier alpha value is -1.42. The summed E-state index contributed by atoms with van der Waals surface area (Å²) in [5.74, 6) is 0. The van der Waals surface area contributed by atoms with Crippen molar-refractivity contribution in [3.63, 3.8) is 0 Å². The molecule has 0 aromatic carbocycles. The Kier molecular flexibility index (Phi) is 7.83. The van der Waals surface area contributed by atoms with Gasteiger partial charge in [-0.3, -0.25) is 0 Å². The summed E-state index contributed by atoms with van der Waals surface area (Å²) >= 11 is 0. The number of nitrogens with zero attached hydrogens (tertiary/aromatic N) is 4. The fourth-order valence-electron chi connectivity index (χ4n) is 1.07. The summed E-state index contributed by atoms with van der Waals surface area (Å²) in [4.78, 5) is 0. The number of hydrogen-bond acceptors (Lipinski definition) is 5. The second-order valence-corrected chi connectivity index (χ2v) is 7.82. The lowest BCUT2D eigenvalue weighted by Gasteiger charge is -2.22. The highest BCUT2D eigenvalue weighted by Crippen LogP contribution is 2.36. The number of hydrogen-bond donors (Lipinski definition) is 0. The van der Waals surface area contributed by atoms with Gasteiger partial charge in [-0.1, -0.05) is 13.3 Å². The number of sulfonamides is 2. The molecule has 0 saturated carbocycles. The second-order valence-electron chi connectivity index (χ2n) is 4.39. The van der Waals surface area contributed by atoms with Crippen molar-refractivity contribution in [2.24, 2.45) is 7.05 Å². The van der Waals surface area contributed by atoms with Crippen LogP contribution in [-0.2, 0) is 33.6 Å². The molecule has 148 valence electrons. The molecule has 0 saturated heterocycles. The Morgan fingerprint density at radius 2 is 1.48 bits per heavy atom. The Morgan fingerprint density at radius 3 is 1.76 bits per heavy atom. The normalized spacial score (nSPS) is 13.3. The molecule has 0 unspecified atom stereocenters. The first kappa shape index (κ1) is 23.6. The Labute approximate surface area is 139 Å². The molecule has 0 atom stereocenters. The number of alkyl halides is 6. The SMILES string of the molecule is CCCCn1cc[n+](C)n1.O=S(=O)([N-]S(=O)(=O)C(F)(F)F)C(F)(F)F. The number of aromatic nitrogens is 3. The molecule has 8 nitrogen and oxygen atoms in total. The van der Waals surface area contributed by atoms with E-state index < -0.39 is 31.1 Å². The van der Waals surface area contributed by atoms with Gasteiger partial charge in [-0.15, -0.1) is 9.36 Å². The van der Waals surface area contributed by atoms with Crippen molar-refractivity contribution in [2.45, 2.75) is 37.3 Å². The van der Waals surface area contributed by atoms with Gasteiger partial charge in [0.2, 0.25) is 0 Å². The summed E-state index contributed by atoms with van der Waals surface area (Å²) in [6.07, 6.45) is 6.39. The second kappa shape index (κ2) is 8.31. The van der Waals surface area contributed by atoms with Gasteiger partial charge >= 0.3 is 11.0 Å². The molecule has 0 N–H and O–H groups in total. The van der Waals surface area contributed by atoms with Crippen molar-refractivity contribution >= 4 is 20.0 Å². The molecular weight excluding hydrogens is 406 g/mol. The van der Waals surface area contributed by atoms with Gasteiger partial charge < -0.3 is 4.13 Å². The maximum atomic E-state index is 11.4. The summed E-state index contributed by atoms with van der Waals surface area (Å²) in [6.45, 7) is 3.22. The van der Waals surface area contributed by atoms with Crippen LogP contribution in [0, 0.1) is 0 Å². The van der Waals surface area contributed by atoms with Crippen LogP contribution in [0.2, 0.25) is 0 Å². The average molecular weight is 420 g/mol. The summed E-state index contributed by atoms with van der Waals surface area (Å²) in [7, 11) is -11.5. The van der Waals surface area contributed by atoms with Crippen molar-refractivity contribution in [3.05, 3.63) is 16.5 Å². The first-order valence-electron chi connectivity index (χ1n) is 6.29. The maximum absolute atomic E-state index is 11.4. The van der Waals surface area contributed by atoms with Gasteiger partial charge in [-0.2, -0.15) is 26.3 Å². The lowest BCUT2D eigenvalue weighted by molar-refractivity contribution is -0.732. The molecule has 1 aromatic rings. The van der Waals surface area contributed by atoms with Gasteiger partial charge in [0.05, 0.1) is 5.21 Å². The number of rotatable bonds is 5. The fourth-order valence-corrected chi connectivity index (χ4v) is 2.78. The van der Waals surface area contributed by atoms with E-state index in [1.165, 1.54) is 12.8 Å². The van der Waals surface area contributed by atoms with E-state index >= 15 is 0 Å². The van der Waals surface area contributed by atoms with E-state index in [0.29, 0.717) is 0 Å². The van der Waals surface area contributed by atoms with Gasteiger partial charge in [-0.05, 0) is 6.42 Å². The fraction of sp³-hybridized carbons (Fsp3) is 0.778. The number of aryl methyl sites for hydroxylation is 2. The average Bonchev–Trinajstić information content (AvgIpc) is 2.79. The van der Waals surface area contributed by atoms with Crippen molar-refractivity contribution in [1.29, 1.82) is 0 Å². The summed E-state index contributed by atoms with van der Waals surface area (Å²) in [6, 6.07) is 0. The summed E-state index contributed by atoms with van der Waals surface area (Å²) in [5, 5.41) is 4.18. The predicted octanol–water partition coefficient (Wildman–Crippen LogP) is 1.57. The lowest BCUT2D eigenvalue weighted by Crippen LogP contribution is -2.30. The van der Waals surface area contributed by atoms with Gasteiger partial charge in [0.25, 0.3) is 0 Å². The van der Waals surface area contributed by atoms with Gasteiger partial charge in [0.15, 0.2) is 32.4 Å². The standard InChI is InChI=1S/C7H14N3.C2F6NO4S2/c1-3-4-5-10-7-6-9(2)8-10;3-1(4,5)14(10,11)9-15(12,13)2(6,7)8/h6-7H,3-5H2,1-2H3;/q+1;-1. The van der Waals surface area contributed by atoms with Crippen LogP contribution >= 0.6 is 0 Å². The monoisotopic (exact) mass is 420 g/mol. The molecule has 0 amide bonds. The molecule has 0 aliphatic carbocycles. The number of halogens is 6. The number of unbranched alkanes of at least 4 members (excludes halogenated alkanes) is 1. The minimum absolute atomic E-state index is 0.778. The van der Waals surface area contributed by atoms with Crippen LogP contribution in [-0.4, -0.2) is 37.7 Å². The van der Waals surface area contributed by atoms with Gasteiger partial charge in [0, 0.05) is 0 Å². The molecule has 0 aliphatic rings. The first-order chi connectivity index (χ1) is 11.0. The van der Waals surface area contributed by atoms with E-state index in [-0.39, 0.29) is 0 Å². The van der Waals surface area contributed by atoms with E-state index in [9.17, 15) is 43.2 Å². The zero-order valence-electron chi connectivity index (χ0n) is 12.8. The van der Waals surface area contributed by atoms with Crippen molar-refractivity contribution < 1.29 is 47.9 Å². The molecule has 25 heavy (non-hydrogen) atoms. The highest BCUT2D eigenvalue weighted by molar-refractivity contribution is 8.13. The van der Waals surface area contributed by atoms with Gasteiger partial charge in [-0.25, -0.2) is 16.8 Å². The Balaban J connectivity index is 0.000000496. The lowest BCUT2D eigenvalue weighted by atomic mass is 10.3. The third-order valence-corrected chi connectivity index (χ3v) is 4.97. The van der Waals surface area contributed by atoms with E-state index in [1.54, 1.807) is 0 Å². The van der Waals surface area contributed by atoms with Crippen molar-refractivity contribution in [2.75, 3.05) is 0 Å². The summed E-state index contributed by atoms with van der Waals surface area (Å²) < 4.78 is 113. The van der Waals surface area contributed by atoms with Crippen molar-refractivity contribution in [3.8, 4) is 0 Å². The maximum Gasteiger partial charge on any atom is 0.480 e. The molecule has 0 aliphatic heterocycles. The Bertz CT molecular complexity index is 712. The predicted molar refractivity (Wildman–Crippen MR) is 71.6 cm³/mol. The van der Waals surface area contributed by atoms with E-state index in [0.717, 1.165) is 10.7 Å². The molecular formula is C9H14F6N4O4S2. The highest BCUT2D eigenvalue weighted by Gasteiger charge is 2.46. The van der Waals surface area contributed by atoms with Crippen LogP contribution in [0.1, 0.15) is 19.8 Å². The highest BCUT2D eigenvalue weighted by atomic mass is 32.3. The zero-order chi connectivity index (χ0) is 20.1. The summed E-state index contributed by atoms with van der Waals surface area (Å²) in [5.41, 5.74) is -12.4. The van der Waals surface area contributed by atoms with Crippen LogP contribution in [0.15, 0.2) is 12.4 Å². The van der Waals surface area contributed by atoms with E-state index in [2.05, 4.69) is 12.1 Å². The minimum atomic E-state index is -6.72. The molecule has 1 heterocycles. The molecule has 0 fully saturated rings. The largest absolute Gasteiger partial charge is 0.480 e. The van der Waals surface area contributed by atoms with Crippen LogP contribution in [0.5, 0.6) is 0 Å². The zero-order valence-corrected chi connectivity index (χ0v) is 14.4. The Morgan fingerprint density at radius 1 is 1.04 bits per heavy atom. The van der Waals surface area contributed by atoms with E-state index in [4.69, 9.17) is 0 Å². The third kappa shape index (κ3) is 7.55. The van der Waals surface area contributed by atoms with E-state index in [1.807, 2.05) is 28.8 Å². The van der Waals surface area contributed by atoms with Crippen LogP contribution in [0.25, 0.3) is 4.13 Å². The minimum Gasteiger partial charge on any atom is -0.421 e. The molecule has 16 heteroatoms. The van der Waals surface area contributed by atoms with Gasteiger partial charge in [0.1, 0.15) is 13.6 Å². The third-order valence-electron chi connectivity index (χ3n) is 2.23. The molecule has 0 spiro atoms. The quantitative estimate of drug-likeness (QED) is 0.531. The molecule has 1 rings (SSSR count). The molecule has 0 radical (unpaired) electrons. The van der Waals surface area contributed by atoms with Crippen LogP contribution in [0.4, 0.5) is 26.3 Å². The van der Waals surface area contributed by atoms with Crippen LogP contribution in [0.3, 0.4) is 0 Å². The molecule has 0 bridgehead atoms. The first-order valence-corrected chi connectivity index (χ1v) is 9.17.